The summed E-state index contributed by atoms with van der Waals surface area (Å²) < 4.78 is 0. The maximum absolute atomic E-state index is 6.25. The SMILES string of the molecule is Cc1csc(-c2nnc(CCNCC(C)C)s2)c1Cl. The molecule has 0 unspecified atom stereocenters. The summed E-state index contributed by atoms with van der Waals surface area (Å²) in [6, 6.07) is 0. The van der Waals surface area contributed by atoms with Gasteiger partial charge in [-0.2, -0.15) is 0 Å². The van der Waals surface area contributed by atoms with Gasteiger partial charge < -0.3 is 5.32 Å². The first-order chi connectivity index (χ1) is 9.08. The van der Waals surface area contributed by atoms with Gasteiger partial charge in [-0.3, -0.25) is 0 Å². The van der Waals surface area contributed by atoms with E-state index in [4.69, 9.17) is 11.6 Å². The molecule has 2 heterocycles. The third-order valence-electron chi connectivity index (χ3n) is 2.63. The van der Waals surface area contributed by atoms with Crippen molar-refractivity contribution in [3.63, 3.8) is 0 Å². The number of hydrogen-bond donors (Lipinski definition) is 1. The molecule has 0 aromatic carbocycles. The van der Waals surface area contributed by atoms with Crippen molar-refractivity contribution in [2.75, 3.05) is 13.1 Å². The van der Waals surface area contributed by atoms with Gasteiger partial charge in [0.2, 0.25) is 0 Å². The van der Waals surface area contributed by atoms with E-state index in [1.54, 1.807) is 22.7 Å². The lowest BCUT2D eigenvalue weighted by Crippen LogP contribution is -2.22. The van der Waals surface area contributed by atoms with Crippen LogP contribution in [0.4, 0.5) is 0 Å². The van der Waals surface area contributed by atoms with Crippen molar-refractivity contribution in [2.45, 2.75) is 27.2 Å². The van der Waals surface area contributed by atoms with Crippen LogP contribution in [0.2, 0.25) is 5.02 Å². The van der Waals surface area contributed by atoms with Gasteiger partial charge in [0.25, 0.3) is 0 Å². The molecule has 104 valence electrons. The van der Waals surface area contributed by atoms with Gasteiger partial charge in [0, 0.05) is 13.0 Å². The highest BCUT2D eigenvalue weighted by Crippen LogP contribution is 2.37. The Bertz CT molecular complexity index is 534. The molecule has 1 N–H and O–H groups in total. The molecule has 0 spiro atoms. The average molecular weight is 316 g/mol. The molecule has 0 atom stereocenters. The number of nitrogens with zero attached hydrogens (tertiary/aromatic N) is 2. The van der Waals surface area contributed by atoms with E-state index in [2.05, 4.69) is 34.7 Å². The van der Waals surface area contributed by atoms with Gasteiger partial charge in [0.15, 0.2) is 5.01 Å². The molecule has 3 nitrogen and oxygen atoms in total. The fraction of sp³-hybridized carbons (Fsp3) is 0.538. The Kier molecular flexibility index (Phi) is 5.33. The van der Waals surface area contributed by atoms with Gasteiger partial charge in [-0.25, -0.2) is 0 Å². The summed E-state index contributed by atoms with van der Waals surface area (Å²) in [5, 5.41) is 16.8. The summed E-state index contributed by atoms with van der Waals surface area (Å²) in [4.78, 5) is 1.04. The van der Waals surface area contributed by atoms with Gasteiger partial charge in [0.1, 0.15) is 5.01 Å². The average Bonchev–Trinajstić information content (AvgIpc) is 2.94. The van der Waals surface area contributed by atoms with Crippen molar-refractivity contribution in [1.82, 2.24) is 15.5 Å². The van der Waals surface area contributed by atoms with Crippen LogP contribution in [-0.4, -0.2) is 23.3 Å². The zero-order valence-electron chi connectivity index (χ0n) is 11.4. The highest BCUT2D eigenvalue weighted by Gasteiger charge is 2.13. The smallest absolute Gasteiger partial charge is 0.159 e. The third-order valence-corrected chi connectivity index (χ3v) is 5.46. The van der Waals surface area contributed by atoms with E-state index < -0.39 is 0 Å². The number of hydrogen-bond acceptors (Lipinski definition) is 5. The molecule has 19 heavy (non-hydrogen) atoms. The van der Waals surface area contributed by atoms with Crippen LogP contribution in [0.25, 0.3) is 9.88 Å². The summed E-state index contributed by atoms with van der Waals surface area (Å²) in [7, 11) is 0. The van der Waals surface area contributed by atoms with Gasteiger partial charge in [0.05, 0.1) is 9.90 Å². The minimum Gasteiger partial charge on any atom is -0.316 e. The minimum atomic E-state index is 0.679. The highest BCUT2D eigenvalue weighted by molar-refractivity contribution is 7.21. The predicted octanol–water partition coefficient (Wildman–Crippen LogP) is 4.02. The molecule has 0 saturated carbocycles. The summed E-state index contributed by atoms with van der Waals surface area (Å²) in [6.45, 7) is 8.42. The van der Waals surface area contributed by atoms with Crippen molar-refractivity contribution in [2.24, 2.45) is 5.92 Å². The second kappa shape index (κ2) is 6.79. The molecule has 2 aromatic rings. The number of rotatable bonds is 6. The Morgan fingerprint density at radius 1 is 1.37 bits per heavy atom. The third kappa shape index (κ3) is 3.99. The van der Waals surface area contributed by atoms with Crippen LogP contribution < -0.4 is 5.32 Å². The first kappa shape index (κ1) is 14.9. The van der Waals surface area contributed by atoms with E-state index in [9.17, 15) is 0 Å². The number of aryl methyl sites for hydroxylation is 1. The van der Waals surface area contributed by atoms with Crippen LogP contribution >= 0.6 is 34.3 Å². The van der Waals surface area contributed by atoms with Gasteiger partial charge in [-0.15, -0.1) is 21.5 Å². The molecule has 0 saturated heterocycles. The van der Waals surface area contributed by atoms with Crippen LogP contribution in [0.5, 0.6) is 0 Å². The first-order valence-corrected chi connectivity index (χ1v) is 8.42. The lowest BCUT2D eigenvalue weighted by molar-refractivity contribution is 0.553. The van der Waals surface area contributed by atoms with E-state index in [0.717, 1.165) is 45.0 Å². The maximum Gasteiger partial charge on any atom is 0.159 e. The van der Waals surface area contributed by atoms with Crippen molar-refractivity contribution < 1.29 is 0 Å². The molecular weight excluding hydrogens is 298 g/mol. The first-order valence-electron chi connectivity index (χ1n) is 6.35. The molecule has 2 aromatic heterocycles. The van der Waals surface area contributed by atoms with Crippen LogP contribution in [0.3, 0.4) is 0 Å². The van der Waals surface area contributed by atoms with Crippen LogP contribution in [0, 0.1) is 12.8 Å². The van der Waals surface area contributed by atoms with E-state index >= 15 is 0 Å². The molecule has 0 bridgehead atoms. The molecule has 2 rings (SSSR count). The Balaban J connectivity index is 1.94. The topological polar surface area (TPSA) is 37.8 Å². The standard InChI is InChI=1S/C13H18ClN3S2/c1-8(2)6-15-5-4-10-16-17-13(19-10)12-11(14)9(3)7-18-12/h7-8,15H,4-6H2,1-3H3. The summed E-state index contributed by atoms with van der Waals surface area (Å²) in [5.41, 5.74) is 1.11. The van der Waals surface area contributed by atoms with Gasteiger partial charge in [-0.05, 0) is 30.3 Å². The summed E-state index contributed by atoms with van der Waals surface area (Å²) in [5.74, 6) is 0.679. The lowest BCUT2D eigenvalue weighted by Gasteiger charge is -2.05. The minimum absolute atomic E-state index is 0.679. The molecule has 0 aliphatic heterocycles. The summed E-state index contributed by atoms with van der Waals surface area (Å²) >= 11 is 9.52. The molecule has 0 aliphatic rings. The van der Waals surface area contributed by atoms with Gasteiger partial charge >= 0.3 is 0 Å². The second-order valence-corrected chi connectivity index (χ2v) is 7.23. The van der Waals surface area contributed by atoms with Crippen molar-refractivity contribution >= 4 is 34.3 Å². The molecular formula is C13H18ClN3S2. The quantitative estimate of drug-likeness (QED) is 0.818. The second-order valence-electron chi connectivity index (χ2n) is 4.91. The normalized spacial score (nSPS) is 11.4. The van der Waals surface area contributed by atoms with Gasteiger partial charge in [-0.1, -0.05) is 36.8 Å². The molecule has 6 heteroatoms. The fourth-order valence-electron chi connectivity index (χ4n) is 1.61. The van der Waals surface area contributed by atoms with Crippen molar-refractivity contribution in [3.8, 4) is 9.88 Å². The number of halogens is 1. The number of thiophene rings is 1. The lowest BCUT2D eigenvalue weighted by atomic mass is 10.2. The number of aromatic nitrogens is 2. The van der Waals surface area contributed by atoms with E-state index in [0.29, 0.717) is 5.92 Å². The molecule has 0 amide bonds. The van der Waals surface area contributed by atoms with E-state index in [-0.39, 0.29) is 0 Å². The molecule has 0 fully saturated rings. The largest absolute Gasteiger partial charge is 0.316 e. The van der Waals surface area contributed by atoms with Crippen LogP contribution in [0.15, 0.2) is 5.38 Å². The maximum atomic E-state index is 6.25. The fourth-order valence-corrected chi connectivity index (χ4v) is 3.88. The van der Waals surface area contributed by atoms with Crippen LogP contribution in [0.1, 0.15) is 24.4 Å². The monoisotopic (exact) mass is 315 g/mol. The van der Waals surface area contributed by atoms with Crippen molar-refractivity contribution in [1.29, 1.82) is 0 Å². The Morgan fingerprint density at radius 2 is 2.16 bits per heavy atom. The number of nitrogens with one attached hydrogen (secondary N) is 1. The zero-order chi connectivity index (χ0) is 13.8. The Labute approximate surface area is 127 Å². The Hall–Kier alpha value is -0.490. The predicted molar refractivity (Wildman–Crippen MR) is 84.4 cm³/mol. The highest BCUT2D eigenvalue weighted by atomic mass is 35.5. The Morgan fingerprint density at radius 3 is 2.79 bits per heavy atom. The molecule has 0 aliphatic carbocycles. The molecule has 0 radical (unpaired) electrons. The zero-order valence-corrected chi connectivity index (χ0v) is 13.8. The van der Waals surface area contributed by atoms with E-state index in [1.807, 2.05) is 6.92 Å². The van der Waals surface area contributed by atoms with E-state index in [1.165, 1.54) is 0 Å². The summed E-state index contributed by atoms with van der Waals surface area (Å²) in [6.07, 6.45) is 0.923. The van der Waals surface area contributed by atoms with Crippen molar-refractivity contribution in [3.05, 3.63) is 21.0 Å². The van der Waals surface area contributed by atoms with Crippen LogP contribution in [-0.2, 0) is 6.42 Å².